The molecule has 0 saturated heterocycles. The van der Waals surface area contributed by atoms with E-state index in [9.17, 15) is 4.79 Å². The molecule has 164 valence electrons. The van der Waals surface area contributed by atoms with E-state index in [4.69, 9.17) is 21.7 Å². The number of aryl methyl sites for hydroxylation is 1. The Bertz CT molecular complexity index is 1290. The Hall–Kier alpha value is -3.38. The first-order valence-corrected chi connectivity index (χ1v) is 10.8. The zero-order valence-corrected chi connectivity index (χ0v) is 19.6. The molecular formula is C25H26ClN5O. The third-order valence-electron chi connectivity index (χ3n) is 5.14. The first kappa shape index (κ1) is 21.8. The summed E-state index contributed by atoms with van der Waals surface area (Å²) in [6.45, 7) is 9.91. The van der Waals surface area contributed by atoms with Crippen LogP contribution in [0.4, 0.5) is 17.2 Å². The topological polar surface area (TPSA) is 71.3 Å². The second kappa shape index (κ2) is 8.28. The van der Waals surface area contributed by atoms with Crippen molar-refractivity contribution < 1.29 is 4.79 Å². The van der Waals surface area contributed by atoms with Gasteiger partial charge in [-0.05, 0) is 48.9 Å². The minimum atomic E-state index is -0.150. The second-order valence-corrected chi connectivity index (χ2v) is 9.30. The van der Waals surface area contributed by atoms with Gasteiger partial charge >= 0.3 is 0 Å². The molecule has 0 radical (unpaired) electrons. The highest BCUT2D eigenvalue weighted by Gasteiger charge is 2.22. The van der Waals surface area contributed by atoms with Crippen molar-refractivity contribution in [3.63, 3.8) is 0 Å². The van der Waals surface area contributed by atoms with Gasteiger partial charge in [0.05, 0.1) is 11.4 Å². The zero-order chi connectivity index (χ0) is 23.0. The third-order valence-corrected chi connectivity index (χ3v) is 5.39. The molecule has 0 atom stereocenters. The van der Waals surface area contributed by atoms with Crippen LogP contribution in [0.2, 0.25) is 5.02 Å². The van der Waals surface area contributed by atoms with Crippen LogP contribution in [0.5, 0.6) is 0 Å². The maximum absolute atomic E-state index is 11.3. The van der Waals surface area contributed by atoms with E-state index in [0.29, 0.717) is 5.02 Å². The van der Waals surface area contributed by atoms with E-state index in [-0.39, 0.29) is 11.3 Å². The normalized spacial score (nSPS) is 11.6. The van der Waals surface area contributed by atoms with E-state index in [1.165, 1.54) is 6.92 Å². The lowest BCUT2D eigenvalue weighted by Crippen LogP contribution is -2.16. The number of fused-ring (bicyclic) bond motifs is 1. The zero-order valence-electron chi connectivity index (χ0n) is 18.8. The number of rotatable bonds is 4. The first-order chi connectivity index (χ1) is 15.1. The Morgan fingerprint density at radius 3 is 2.22 bits per heavy atom. The fourth-order valence-corrected chi connectivity index (χ4v) is 3.67. The molecular weight excluding hydrogens is 422 g/mol. The number of halogens is 1. The summed E-state index contributed by atoms with van der Waals surface area (Å²) in [5, 5.41) is 11.7. The van der Waals surface area contributed by atoms with Crippen LogP contribution in [0, 0.1) is 6.92 Å². The Labute approximate surface area is 192 Å². The van der Waals surface area contributed by atoms with Crippen LogP contribution in [0.25, 0.3) is 16.8 Å². The number of carbonyl (C=O) groups is 1. The Morgan fingerprint density at radius 1 is 1.00 bits per heavy atom. The van der Waals surface area contributed by atoms with Crippen LogP contribution < -0.4 is 10.6 Å². The van der Waals surface area contributed by atoms with Gasteiger partial charge < -0.3 is 10.6 Å². The molecule has 4 aromatic rings. The highest BCUT2D eigenvalue weighted by atomic mass is 35.5. The van der Waals surface area contributed by atoms with Gasteiger partial charge in [0.15, 0.2) is 5.65 Å². The monoisotopic (exact) mass is 447 g/mol. The number of carbonyl (C=O) groups excluding carboxylic acids is 1. The summed E-state index contributed by atoms with van der Waals surface area (Å²) < 4.78 is 1.84. The fourth-order valence-electron chi connectivity index (χ4n) is 3.54. The van der Waals surface area contributed by atoms with Crippen LogP contribution in [0.15, 0.2) is 54.6 Å². The summed E-state index contributed by atoms with van der Waals surface area (Å²) in [4.78, 5) is 16.3. The molecule has 0 spiro atoms. The SMILES string of the molecule is CC(=O)Nc1ccc(Nc2cc(C(C)(C)C)nc3c(-c4ccc(Cl)cc4)c(C)nn23)cc1. The summed E-state index contributed by atoms with van der Waals surface area (Å²) in [5.41, 5.74) is 6.11. The Morgan fingerprint density at radius 2 is 1.62 bits per heavy atom. The number of nitrogens with one attached hydrogen (secondary N) is 2. The summed E-state index contributed by atoms with van der Waals surface area (Å²) >= 11 is 6.10. The third kappa shape index (κ3) is 4.46. The molecule has 0 aliphatic rings. The van der Waals surface area contributed by atoms with Crippen LogP contribution in [0.1, 0.15) is 39.1 Å². The molecule has 2 aromatic heterocycles. The number of benzene rings is 2. The van der Waals surface area contributed by atoms with Gasteiger partial charge in [0.2, 0.25) is 5.91 Å². The van der Waals surface area contributed by atoms with Gasteiger partial charge in [0.1, 0.15) is 5.82 Å². The van der Waals surface area contributed by atoms with Gasteiger partial charge in [-0.15, -0.1) is 0 Å². The van der Waals surface area contributed by atoms with Crippen molar-refractivity contribution in [2.75, 3.05) is 10.6 Å². The average molecular weight is 448 g/mol. The molecule has 4 rings (SSSR count). The highest BCUT2D eigenvalue weighted by molar-refractivity contribution is 6.30. The molecule has 2 aromatic carbocycles. The van der Waals surface area contributed by atoms with Gasteiger partial charge in [-0.25, -0.2) is 4.98 Å². The first-order valence-electron chi connectivity index (χ1n) is 10.4. The van der Waals surface area contributed by atoms with Crippen molar-refractivity contribution in [3.05, 3.63) is 71.0 Å². The van der Waals surface area contributed by atoms with E-state index in [0.717, 1.165) is 45.4 Å². The van der Waals surface area contributed by atoms with E-state index in [1.807, 2.05) is 66.0 Å². The van der Waals surface area contributed by atoms with Gasteiger partial charge in [-0.2, -0.15) is 9.61 Å². The van der Waals surface area contributed by atoms with Crippen LogP contribution in [-0.2, 0) is 10.2 Å². The molecule has 2 heterocycles. The van der Waals surface area contributed by atoms with E-state index < -0.39 is 0 Å². The fraction of sp³-hybridized carbons (Fsp3) is 0.240. The van der Waals surface area contributed by atoms with Crippen molar-refractivity contribution in [2.45, 2.75) is 40.0 Å². The van der Waals surface area contributed by atoms with E-state index >= 15 is 0 Å². The summed E-state index contributed by atoms with van der Waals surface area (Å²) in [6.07, 6.45) is 0. The minimum absolute atomic E-state index is 0.0990. The molecule has 0 aliphatic heterocycles. The number of hydrogen-bond donors (Lipinski definition) is 2. The lowest BCUT2D eigenvalue weighted by atomic mass is 9.92. The molecule has 7 heteroatoms. The van der Waals surface area contributed by atoms with Crippen molar-refractivity contribution >= 4 is 40.3 Å². The van der Waals surface area contributed by atoms with Gasteiger partial charge in [-0.1, -0.05) is 44.5 Å². The number of aromatic nitrogens is 3. The van der Waals surface area contributed by atoms with Crippen LogP contribution >= 0.6 is 11.6 Å². The van der Waals surface area contributed by atoms with E-state index in [2.05, 4.69) is 31.4 Å². The lowest BCUT2D eigenvalue weighted by molar-refractivity contribution is -0.114. The smallest absolute Gasteiger partial charge is 0.221 e. The summed E-state index contributed by atoms with van der Waals surface area (Å²) in [7, 11) is 0. The lowest BCUT2D eigenvalue weighted by Gasteiger charge is -2.20. The maximum atomic E-state index is 11.3. The van der Waals surface area contributed by atoms with Gasteiger partial charge in [0, 0.05) is 40.4 Å². The van der Waals surface area contributed by atoms with Crippen molar-refractivity contribution in [1.82, 2.24) is 14.6 Å². The predicted molar refractivity (Wildman–Crippen MR) is 131 cm³/mol. The van der Waals surface area contributed by atoms with Crippen LogP contribution in [0.3, 0.4) is 0 Å². The Kier molecular flexibility index (Phi) is 5.65. The average Bonchev–Trinajstić information content (AvgIpc) is 3.05. The summed E-state index contributed by atoms with van der Waals surface area (Å²) in [6, 6.07) is 17.3. The minimum Gasteiger partial charge on any atom is -0.340 e. The molecule has 0 fully saturated rings. The standard InChI is InChI=1S/C25H26ClN5O/c1-15-23(17-6-8-18(26)9-7-17)24-29-21(25(3,4)5)14-22(31(24)30-15)28-20-12-10-19(11-13-20)27-16(2)32/h6-14,28H,1-5H3,(H,27,32). The molecule has 6 nitrogen and oxygen atoms in total. The highest BCUT2D eigenvalue weighted by Crippen LogP contribution is 2.33. The number of anilines is 3. The van der Waals surface area contributed by atoms with Gasteiger partial charge in [-0.3, -0.25) is 4.79 Å². The predicted octanol–water partition coefficient (Wildman–Crippen LogP) is 6.36. The molecule has 32 heavy (non-hydrogen) atoms. The summed E-state index contributed by atoms with van der Waals surface area (Å²) in [5.74, 6) is 0.716. The molecule has 0 bridgehead atoms. The molecule has 0 aliphatic carbocycles. The number of hydrogen-bond acceptors (Lipinski definition) is 4. The van der Waals surface area contributed by atoms with E-state index in [1.54, 1.807) is 0 Å². The maximum Gasteiger partial charge on any atom is 0.221 e. The molecule has 1 amide bonds. The van der Waals surface area contributed by atoms with Crippen molar-refractivity contribution in [2.24, 2.45) is 0 Å². The van der Waals surface area contributed by atoms with Crippen LogP contribution in [-0.4, -0.2) is 20.5 Å². The molecule has 2 N–H and O–H groups in total. The largest absolute Gasteiger partial charge is 0.340 e. The van der Waals surface area contributed by atoms with Gasteiger partial charge in [0.25, 0.3) is 0 Å². The quantitative estimate of drug-likeness (QED) is 0.382. The van der Waals surface area contributed by atoms with Crippen molar-refractivity contribution in [1.29, 1.82) is 0 Å². The molecule has 0 saturated carbocycles. The Balaban J connectivity index is 1.84. The molecule has 0 unspecified atom stereocenters. The van der Waals surface area contributed by atoms with Crippen molar-refractivity contribution in [3.8, 4) is 11.1 Å². The number of amides is 1. The second-order valence-electron chi connectivity index (χ2n) is 8.86. The number of nitrogens with zero attached hydrogens (tertiary/aromatic N) is 3.